The number of hydrogen-bond donors (Lipinski definition) is 1. The van der Waals surface area contributed by atoms with Gasteiger partial charge in [-0.1, -0.05) is 18.2 Å². The fourth-order valence-corrected chi connectivity index (χ4v) is 4.34. The molecular weight excluding hydrogens is 372 g/mol. The van der Waals surface area contributed by atoms with Crippen molar-refractivity contribution in [1.82, 2.24) is 9.88 Å². The molecule has 154 valence electrons. The van der Waals surface area contributed by atoms with Crippen LogP contribution in [0.3, 0.4) is 0 Å². The Morgan fingerprint density at radius 3 is 2.72 bits per heavy atom. The Kier molecular flexibility index (Phi) is 4.44. The summed E-state index contributed by atoms with van der Waals surface area (Å²) >= 11 is 0. The molecule has 1 unspecified atom stereocenters. The van der Waals surface area contributed by atoms with Crippen LogP contribution in [0.25, 0.3) is 10.9 Å². The van der Waals surface area contributed by atoms with Gasteiger partial charge in [0.25, 0.3) is 0 Å². The fraction of sp³-hybridized carbons (Fsp3) is 0.500. The van der Waals surface area contributed by atoms with E-state index in [2.05, 4.69) is 4.98 Å². The van der Waals surface area contributed by atoms with Gasteiger partial charge in [0.05, 0.1) is 17.8 Å². The molecule has 1 aromatic heterocycles. The molecule has 4 rings (SSSR count). The largest absolute Gasteiger partial charge is 0.483 e. The van der Waals surface area contributed by atoms with Crippen molar-refractivity contribution in [2.24, 2.45) is 0 Å². The van der Waals surface area contributed by atoms with Gasteiger partial charge in [0.2, 0.25) is 0 Å². The number of ether oxygens (including phenoxy) is 2. The number of carboxylic acid groups (broad SMARTS) is 1. The minimum absolute atomic E-state index is 0.185. The minimum Gasteiger partial charge on any atom is -0.483 e. The van der Waals surface area contributed by atoms with E-state index in [9.17, 15) is 14.7 Å². The fourth-order valence-electron chi connectivity index (χ4n) is 4.34. The van der Waals surface area contributed by atoms with Gasteiger partial charge in [-0.2, -0.15) is 0 Å². The first-order chi connectivity index (χ1) is 13.6. The summed E-state index contributed by atoms with van der Waals surface area (Å²) in [5.74, 6) is -0.333. The number of carbonyl (C=O) groups is 2. The van der Waals surface area contributed by atoms with E-state index < -0.39 is 29.3 Å². The van der Waals surface area contributed by atoms with Crippen molar-refractivity contribution in [3.8, 4) is 5.75 Å². The van der Waals surface area contributed by atoms with Crippen LogP contribution < -0.4 is 4.74 Å². The number of aromatic nitrogens is 1. The van der Waals surface area contributed by atoms with Gasteiger partial charge < -0.3 is 14.6 Å². The number of fused-ring (bicyclic) bond motifs is 3. The average molecular weight is 398 g/mol. The molecule has 0 bridgehead atoms. The molecule has 2 atom stereocenters. The third kappa shape index (κ3) is 3.50. The third-order valence-electron chi connectivity index (χ3n) is 5.58. The van der Waals surface area contributed by atoms with E-state index in [-0.39, 0.29) is 13.0 Å². The zero-order valence-corrected chi connectivity index (χ0v) is 17.2. The number of aliphatic carboxylic acids is 1. The second kappa shape index (κ2) is 6.61. The molecular formula is C22H26N2O5. The predicted octanol–water partition coefficient (Wildman–Crippen LogP) is 3.70. The lowest BCUT2D eigenvalue weighted by atomic mass is 9.87. The van der Waals surface area contributed by atoms with Crippen molar-refractivity contribution in [1.29, 1.82) is 0 Å². The van der Waals surface area contributed by atoms with Crippen LogP contribution in [0.1, 0.15) is 44.9 Å². The van der Waals surface area contributed by atoms with Crippen LogP contribution in [0, 0.1) is 6.92 Å². The summed E-state index contributed by atoms with van der Waals surface area (Å²) in [5.41, 5.74) is 1.35. The quantitative estimate of drug-likeness (QED) is 0.788. The molecule has 1 saturated heterocycles. The Balaban J connectivity index is 1.67. The first-order valence-corrected chi connectivity index (χ1v) is 9.88. The van der Waals surface area contributed by atoms with Crippen LogP contribution in [0.15, 0.2) is 24.3 Å². The number of nitrogens with zero attached hydrogens (tertiary/aromatic N) is 2. The molecule has 1 N–H and O–H groups in total. The molecule has 7 heteroatoms. The van der Waals surface area contributed by atoms with Crippen LogP contribution in [-0.2, 0) is 16.0 Å². The Morgan fingerprint density at radius 2 is 2.03 bits per heavy atom. The van der Waals surface area contributed by atoms with Crippen molar-refractivity contribution < 1.29 is 24.2 Å². The Bertz CT molecular complexity index is 997. The highest BCUT2D eigenvalue weighted by Gasteiger charge is 2.53. The molecule has 1 amide bonds. The highest BCUT2D eigenvalue weighted by atomic mass is 16.6. The maximum atomic E-state index is 12.7. The summed E-state index contributed by atoms with van der Waals surface area (Å²) in [4.78, 5) is 30.5. The number of likely N-dealkylation sites (tertiary alicyclic amines) is 1. The molecule has 1 fully saturated rings. The zero-order chi connectivity index (χ0) is 21.0. The van der Waals surface area contributed by atoms with Gasteiger partial charge in [-0.15, -0.1) is 0 Å². The van der Waals surface area contributed by atoms with Crippen molar-refractivity contribution in [3.05, 3.63) is 35.5 Å². The monoisotopic (exact) mass is 398 g/mol. The van der Waals surface area contributed by atoms with Gasteiger partial charge in [-0.3, -0.25) is 4.90 Å². The van der Waals surface area contributed by atoms with Crippen LogP contribution in [0.5, 0.6) is 5.75 Å². The molecule has 0 radical (unpaired) electrons. The number of aryl methyl sites for hydroxylation is 2. The lowest BCUT2D eigenvalue weighted by Gasteiger charge is -2.36. The molecule has 1 aromatic carbocycles. The van der Waals surface area contributed by atoms with E-state index in [0.717, 1.165) is 28.6 Å². The summed E-state index contributed by atoms with van der Waals surface area (Å²) in [7, 11) is 0. The SMILES string of the molecule is Cc1nc2ccccc2c2c1OC1(CC2)C[C@@H](C(=O)O)N(C(=O)OC(C)(C)C)C1. The topological polar surface area (TPSA) is 89.0 Å². The summed E-state index contributed by atoms with van der Waals surface area (Å²) in [5, 5.41) is 10.8. The summed E-state index contributed by atoms with van der Waals surface area (Å²) in [6.45, 7) is 7.38. The Morgan fingerprint density at radius 1 is 1.31 bits per heavy atom. The van der Waals surface area contributed by atoms with Crippen molar-refractivity contribution >= 4 is 23.0 Å². The lowest BCUT2D eigenvalue weighted by Crippen LogP contribution is -2.46. The first-order valence-electron chi connectivity index (χ1n) is 9.88. The predicted molar refractivity (Wildman–Crippen MR) is 107 cm³/mol. The van der Waals surface area contributed by atoms with Crippen molar-refractivity contribution in [2.75, 3.05) is 6.54 Å². The number of rotatable bonds is 1. The summed E-state index contributed by atoms with van der Waals surface area (Å²) in [6.07, 6.45) is 0.988. The van der Waals surface area contributed by atoms with Crippen molar-refractivity contribution in [2.45, 2.75) is 64.2 Å². The number of para-hydroxylation sites is 1. The number of carbonyl (C=O) groups excluding carboxylic acids is 1. The maximum Gasteiger partial charge on any atom is 0.411 e. The zero-order valence-electron chi connectivity index (χ0n) is 17.2. The van der Waals surface area contributed by atoms with E-state index in [1.165, 1.54) is 4.90 Å². The maximum absolute atomic E-state index is 12.7. The smallest absolute Gasteiger partial charge is 0.411 e. The molecule has 29 heavy (non-hydrogen) atoms. The van der Waals surface area contributed by atoms with Gasteiger partial charge >= 0.3 is 12.1 Å². The number of benzene rings is 1. The third-order valence-corrected chi connectivity index (χ3v) is 5.58. The lowest BCUT2D eigenvalue weighted by molar-refractivity contribution is -0.142. The van der Waals surface area contributed by atoms with Crippen LogP contribution in [-0.4, -0.2) is 50.8 Å². The summed E-state index contributed by atoms with van der Waals surface area (Å²) < 4.78 is 11.9. The molecule has 7 nitrogen and oxygen atoms in total. The van der Waals surface area contributed by atoms with Gasteiger partial charge in [0.1, 0.15) is 23.0 Å². The first kappa shape index (κ1) is 19.5. The number of hydrogen-bond acceptors (Lipinski definition) is 5. The Labute approximate surface area is 169 Å². The van der Waals surface area contributed by atoms with Crippen LogP contribution >= 0.6 is 0 Å². The molecule has 3 heterocycles. The molecule has 2 aromatic rings. The number of pyridine rings is 1. The van der Waals surface area contributed by atoms with E-state index in [0.29, 0.717) is 12.2 Å². The van der Waals surface area contributed by atoms with E-state index in [1.807, 2.05) is 31.2 Å². The Hall–Kier alpha value is -2.83. The highest BCUT2D eigenvalue weighted by molar-refractivity contribution is 5.85. The van der Waals surface area contributed by atoms with Crippen LogP contribution in [0.4, 0.5) is 4.79 Å². The molecule has 2 aliphatic heterocycles. The van der Waals surface area contributed by atoms with E-state index in [4.69, 9.17) is 9.47 Å². The number of carboxylic acids is 1. The van der Waals surface area contributed by atoms with Gasteiger partial charge in [-0.25, -0.2) is 14.6 Å². The molecule has 0 saturated carbocycles. The molecule has 2 aliphatic rings. The molecule has 1 spiro atoms. The standard InChI is InChI=1S/C22H26N2O5/c1-13-18-15(14-7-5-6-8-16(14)23-13)9-10-22(28-18)11-17(19(25)26)24(12-22)20(27)29-21(2,3)4/h5-8,17H,9-12H2,1-4H3,(H,25,26)/t17-,22?/m0/s1. The normalized spacial score (nSPS) is 23.7. The van der Waals surface area contributed by atoms with Gasteiger partial charge in [0, 0.05) is 17.4 Å². The second-order valence-corrected chi connectivity index (χ2v) is 8.97. The van der Waals surface area contributed by atoms with Crippen molar-refractivity contribution in [3.63, 3.8) is 0 Å². The average Bonchev–Trinajstić information content (AvgIpc) is 3.00. The van der Waals surface area contributed by atoms with E-state index in [1.54, 1.807) is 20.8 Å². The molecule has 0 aliphatic carbocycles. The summed E-state index contributed by atoms with van der Waals surface area (Å²) in [6, 6.07) is 6.97. The second-order valence-electron chi connectivity index (χ2n) is 8.97. The highest BCUT2D eigenvalue weighted by Crippen LogP contribution is 2.44. The van der Waals surface area contributed by atoms with E-state index >= 15 is 0 Å². The number of amides is 1. The van der Waals surface area contributed by atoms with Gasteiger partial charge in [-0.05, 0) is 46.6 Å². The minimum atomic E-state index is -1.05. The van der Waals surface area contributed by atoms with Gasteiger partial charge in [0.15, 0.2) is 0 Å². The van der Waals surface area contributed by atoms with Crippen LogP contribution in [0.2, 0.25) is 0 Å².